The minimum atomic E-state index is -0.0475. The number of hydrogen-bond donors (Lipinski definition) is 1. The smallest absolute Gasteiger partial charge is 0.252 e. The second-order valence-electron chi connectivity index (χ2n) is 7.63. The molecule has 0 radical (unpaired) electrons. The maximum atomic E-state index is 12.8. The van der Waals surface area contributed by atoms with Crippen LogP contribution in [0.5, 0.6) is 0 Å². The molecule has 2 aliphatic rings. The minimum absolute atomic E-state index is 0.0475. The molecule has 0 bridgehead atoms. The number of aromatic nitrogens is 4. The number of anilines is 1. The number of amides is 1. The van der Waals surface area contributed by atoms with E-state index in [0.717, 1.165) is 43.1 Å². The Kier molecular flexibility index (Phi) is 4.69. The van der Waals surface area contributed by atoms with Gasteiger partial charge in [0.2, 0.25) is 5.91 Å². The van der Waals surface area contributed by atoms with Crippen LogP contribution in [0.4, 0.5) is 5.82 Å². The van der Waals surface area contributed by atoms with Gasteiger partial charge in [-0.2, -0.15) is 9.78 Å². The molecular formula is C19H26N6O2. The van der Waals surface area contributed by atoms with E-state index in [1.807, 2.05) is 32.9 Å². The Morgan fingerprint density at radius 1 is 1.19 bits per heavy atom. The van der Waals surface area contributed by atoms with Crippen LogP contribution in [0.25, 0.3) is 5.95 Å². The van der Waals surface area contributed by atoms with Gasteiger partial charge in [-0.3, -0.25) is 9.69 Å². The quantitative estimate of drug-likeness (QED) is 0.883. The van der Waals surface area contributed by atoms with Gasteiger partial charge in [-0.05, 0) is 46.1 Å². The highest BCUT2D eigenvalue weighted by molar-refractivity contribution is 5.91. The largest absolute Gasteiger partial charge is 0.378 e. The minimum Gasteiger partial charge on any atom is -0.378 e. The average Bonchev–Trinajstić information content (AvgIpc) is 2.93. The molecular weight excluding hydrogens is 344 g/mol. The van der Waals surface area contributed by atoms with Gasteiger partial charge in [-0.25, -0.2) is 9.97 Å². The summed E-state index contributed by atoms with van der Waals surface area (Å²) in [5.74, 6) is 1.02. The highest BCUT2D eigenvalue weighted by Gasteiger charge is 2.45. The Bertz CT molecular complexity index is 838. The molecule has 3 heterocycles. The molecule has 8 nitrogen and oxygen atoms in total. The molecule has 1 N–H and O–H groups in total. The van der Waals surface area contributed by atoms with Gasteiger partial charge in [-0.1, -0.05) is 0 Å². The summed E-state index contributed by atoms with van der Waals surface area (Å²) in [6.45, 7) is 8.30. The lowest BCUT2D eigenvalue weighted by atomic mass is 9.75. The van der Waals surface area contributed by atoms with Gasteiger partial charge < -0.3 is 10.1 Å². The maximum absolute atomic E-state index is 12.8. The fraction of sp³-hybridized carbons (Fsp3) is 0.579. The highest BCUT2D eigenvalue weighted by atomic mass is 16.5. The van der Waals surface area contributed by atoms with Gasteiger partial charge in [0.15, 0.2) is 0 Å². The summed E-state index contributed by atoms with van der Waals surface area (Å²) < 4.78 is 7.26. The Balaban J connectivity index is 1.52. The lowest BCUT2D eigenvalue weighted by molar-refractivity contribution is -0.131. The number of carbonyl (C=O) groups excluding carboxylic acids is 1. The molecule has 1 aliphatic heterocycles. The van der Waals surface area contributed by atoms with Crippen molar-refractivity contribution in [2.75, 3.05) is 31.6 Å². The lowest BCUT2D eigenvalue weighted by Crippen LogP contribution is -2.62. The van der Waals surface area contributed by atoms with Crippen LogP contribution >= 0.6 is 0 Å². The van der Waals surface area contributed by atoms with Gasteiger partial charge >= 0.3 is 0 Å². The summed E-state index contributed by atoms with van der Waals surface area (Å²) in [4.78, 5) is 23.9. The van der Waals surface area contributed by atoms with Crippen molar-refractivity contribution >= 4 is 11.7 Å². The first-order valence-corrected chi connectivity index (χ1v) is 9.47. The first-order chi connectivity index (χ1) is 12.9. The van der Waals surface area contributed by atoms with Crippen molar-refractivity contribution in [3.05, 3.63) is 29.2 Å². The predicted molar refractivity (Wildman–Crippen MR) is 101 cm³/mol. The van der Waals surface area contributed by atoms with E-state index in [0.29, 0.717) is 24.9 Å². The molecule has 0 atom stereocenters. The van der Waals surface area contributed by atoms with Crippen LogP contribution < -0.4 is 5.32 Å². The fourth-order valence-corrected chi connectivity index (χ4v) is 3.96. The molecule has 2 aromatic rings. The molecule has 1 saturated heterocycles. The molecule has 1 spiro atoms. The number of nitrogens with zero attached hydrogens (tertiary/aromatic N) is 5. The van der Waals surface area contributed by atoms with Gasteiger partial charge in [-0.15, -0.1) is 0 Å². The summed E-state index contributed by atoms with van der Waals surface area (Å²) in [7, 11) is 0. The van der Waals surface area contributed by atoms with Crippen molar-refractivity contribution in [2.45, 2.75) is 45.6 Å². The van der Waals surface area contributed by atoms with Crippen LogP contribution in [-0.4, -0.2) is 62.4 Å². The number of hydrogen-bond acceptors (Lipinski definition) is 6. The number of aryl methyl sites for hydroxylation is 3. The van der Waals surface area contributed by atoms with E-state index < -0.39 is 0 Å². The van der Waals surface area contributed by atoms with Crippen molar-refractivity contribution in [3.63, 3.8) is 0 Å². The first-order valence-electron chi connectivity index (χ1n) is 9.47. The van der Waals surface area contributed by atoms with Crippen molar-refractivity contribution < 1.29 is 9.53 Å². The van der Waals surface area contributed by atoms with E-state index in [9.17, 15) is 4.79 Å². The van der Waals surface area contributed by atoms with Crippen LogP contribution in [0.2, 0.25) is 0 Å². The van der Waals surface area contributed by atoms with E-state index in [-0.39, 0.29) is 11.4 Å². The van der Waals surface area contributed by atoms with Crippen LogP contribution in [0.3, 0.4) is 0 Å². The zero-order valence-electron chi connectivity index (χ0n) is 16.2. The molecule has 8 heteroatoms. The maximum Gasteiger partial charge on any atom is 0.252 e. The number of ether oxygens (including phenoxy) is 1. The second-order valence-corrected chi connectivity index (χ2v) is 7.63. The van der Waals surface area contributed by atoms with Crippen molar-refractivity contribution in [1.29, 1.82) is 0 Å². The Hall–Kier alpha value is -2.32. The molecule has 2 fully saturated rings. The third kappa shape index (κ3) is 3.59. The normalized spacial score (nSPS) is 19.1. The molecule has 1 saturated carbocycles. The third-order valence-corrected chi connectivity index (χ3v) is 5.42. The van der Waals surface area contributed by atoms with Crippen LogP contribution in [0.1, 0.15) is 36.3 Å². The molecule has 0 unspecified atom stereocenters. The molecule has 2 aromatic heterocycles. The van der Waals surface area contributed by atoms with E-state index in [1.165, 1.54) is 6.42 Å². The summed E-state index contributed by atoms with van der Waals surface area (Å²) >= 11 is 0. The van der Waals surface area contributed by atoms with E-state index in [4.69, 9.17) is 4.74 Å². The van der Waals surface area contributed by atoms with Gasteiger partial charge in [0.05, 0.1) is 25.5 Å². The third-order valence-electron chi connectivity index (χ3n) is 5.42. The molecule has 1 amide bonds. The fourth-order valence-electron chi connectivity index (χ4n) is 3.96. The van der Waals surface area contributed by atoms with E-state index >= 15 is 0 Å². The van der Waals surface area contributed by atoms with Gasteiger partial charge in [0.1, 0.15) is 5.82 Å². The molecule has 144 valence electrons. The average molecular weight is 370 g/mol. The highest BCUT2D eigenvalue weighted by Crippen LogP contribution is 2.39. The van der Waals surface area contributed by atoms with Crippen LogP contribution in [0.15, 0.2) is 12.1 Å². The molecule has 0 aromatic carbocycles. The van der Waals surface area contributed by atoms with Crippen LogP contribution in [-0.2, 0) is 9.53 Å². The van der Waals surface area contributed by atoms with Crippen molar-refractivity contribution in [3.8, 4) is 5.95 Å². The van der Waals surface area contributed by atoms with Crippen molar-refractivity contribution in [2.24, 2.45) is 0 Å². The Morgan fingerprint density at radius 2 is 1.93 bits per heavy atom. The summed E-state index contributed by atoms with van der Waals surface area (Å²) in [6, 6.07) is 3.76. The molecule has 1 aliphatic carbocycles. The Labute approximate surface area is 158 Å². The zero-order chi connectivity index (χ0) is 19.0. The SMILES string of the molecule is Cc1cc(C)nc(-n2nc(C)cc2NC(=O)CN2CCOCC23CCC3)n1. The molecule has 4 rings (SSSR count). The number of rotatable bonds is 4. The number of carbonyl (C=O) groups is 1. The zero-order valence-corrected chi connectivity index (χ0v) is 16.2. The van der Waals surface area contributed by atoms with Gasteiger partial charge in [0.25, 0.3) is 5.95 Å². The second kappa shape index (κ2) is 7.01. The first kappa shape index (κ1) is 18.1. The van der Waals surface area contributed by atoms with E-state index in [1.54, 1.807) is 4.68 Å². The monoisotopic (exact) mass is 370 g/mol. The van der Waals surface area contributed by atoms with Crippen LogP contribution in [0, 0.1) is 20.8 Å². The lowest BCUT2D eigenvalue weighted by Gasteiger charge is -2.52. The van der Waals surface area contributed by atoms with Crippen molar-refractivity contribution in [1.82, 2.24) is 24.6 Å². The molecule has 27 heavy (non-hydrogen) atoms. The topological polar surface area (TPSA) is 85.2 Å². The van der Waals surface area contributed by atoms with Gasteiger partial charge in [0, 0.05) is 29.5 Å². The summed E-state index contributed by atoms with van der Waals surface area (Å²) in [5, 5.41) is 7.46. The number of nitrogens with one attached hydrogen (secondary N) is 1. The summed E-state index contributed by atoms with van der Waals surface area (Å²) in [6.07, 6.45) is 3.42. The predicted octanol–water partition coefficient (Wildman–Crippen LogP) is 1.78. The summed E-state index contributed by atoms with van der Waals surface area (Å²) in [5.41, 5.74) is 2.59. The number of morpholine rings is 1. The Morgan fingerprint density at radius 3 is 2.59 bits per heavy atom. The van der Waals surface area contributed by atoms with E-state index in [2.05, 4.69) is 25.3 Å². The standard InChI is InChI=1S/C19H26N6O2/c1-13-9-14(2)21-18(20-13)25-16(10-15(3)23-25)22-17(26)11-24-7-8-27-12-19(24)5-4-6-19/h9-10H,4-8,11-12H2,1-3H3,(H,22,26).